The van der Waals surface area contributed by atoms with Crippen LogP contribution in [-0.2, 0) is 15.8 Å². The monoisotopic (exact) mass is 439 g/mol. The highest BCUT2D eigenvalue weighted by Crippen LogP contribution is 2.30. The van der Waals surface area contributed by atoms with Gasteiger partial charge < -0.3 is 20.4 Å². The predicted molar refractivity (Wildman–Crippen MR) is 109 cm³/mol. The molecule has 10 heteroatoms. The average molecular weight is 439 g/mol. The molecule has 0 aliphatic carbocycles. The predicted octanol–water partition coefficient (Wildman–Crippen LogP) is 3.63. The Morgan fingerprint density at radius 1 is 1.16 bits per heavy atom. The van der Waals surface area contributed by atoms with E-state index < -0.39 is 40.8 Å². The molecule has 31 heavy (non-hydrogen) atoms. The van der Waals surface area contributed by atoms with Gasteiger partial charge in [-0.2, -0.15) is 13.2 Å². The molecule has 0 bridgehead atoms. The maximum atomic E-state index is 12.9. The molecule has 0 spiro atoms. The number of benzene rings is 1. The minimum Gasteiger partial charge on any atom is -0.494 e. The van der Waals surface area contributed by atoms with Crippen LogP contribution in [0.2, 0.25) is 0 Å². The van der Waals surface area contributed by atoms with Crippen LogP contribution in [0, 0.1) is 5.92 Å². The lowest BCUT2D eigenvalue weighted by atomic mass is 9.96. The molecule has 0 radical (unpaired) electrons. The summed E-state index contributed by atoms with van der Waals surface area (Å²) in [4.78, 5) is 38.4. The number of ether oxygens (including phenoxy) is 1. The summed E-state index contributed by atoms with van der Waals surface area (Å²) in [6, 6.07) is 6.92. The largest absolute Gasteiger partial charge is 0.494 e. The van der Waals surface area contributed by atoms with Crippen LogP contribution < -0.4 is 20.9 Å². The van der Waals surface area contributed by atoms with E-state index in [1.165, 1.54) is 0 Å². The minimum absolute atomic E-state index is 0.148. The van der Waals surface area contributed by atoms with Crippen molar-refractivity contribution < 1.29 is 27.5 Å². The number of aromatic amines is 1. The second-order valence-corrected chi connectivity index (χ2v) is 7.21. The van der Waals surface area contributed by atoms with E-state index in [4.69, 9.17) is 4.74 Å². The molecule has 2 aromatic rings. The first-order chi connectivity index (χ1) is 14.5. The number of hydrogen-bond acceptors (Lipinski definition) is 4. The summed E-state index contributed by atoms with van der Waals surface area (Å²) in [6.45, 7) is 6.08. The third-order valence-corrected chi connectivity index (χ3v) is 4.29. The van der Waals surface area contributed by atoms with Crippen molar-refractivity contribution in [2.24, 2.45) is 5.92 Å². The summed E-state index contributed by atoms with van der Waals surface area (Å²) in [5.41, 5.74) is -2.14. The van der Waals surface area contributed by atoms with Crippen molar-refractivity contribution >= 4 is 17.5 Å². The van der Waals surface area contributed by atoms with Gasteiger partial charge in [0.2, 0.25) is 0 Å². The molecule has 0 saturated heterocycles. The fraction of sp³-hybridized carbons (Fsp3) is 0.381. The molecule has 1 heterocycles. The van der Waals surface area contributed by atoms with E-state index in [0.717, 1.165) is 0 Å². The van der Waals surface area contributed by atoms with Crippen LogP contribution in [0.3, 0.4) is 0 Å². The van der Waals surface area contributed by atoms with Gasteiger partial charge in [0.25, 0.3) is 5.56 Å². The lowest BCUT2D eigenvalue weighted by Crippen LogP contribution is -2.39. The van der Waals surface area contributed by atoms with Crippen LogP contribution >= 0.6 is 0 Å². The van der Waals surface area contributed by atoms with Crippen molar-refractivity contribution in [1.82, 2.24) is 10.3 Å². The zero-order chi connectivity index (χ0) is 23.2. The molecule has 2 rings (SSSR count). The number of H-pyrrole nitrogens is 1. The third-order valence-electron chi connectivity index (χ3n) is 4.29. The normalized spacial score (nSPS) is 12.4. The Balaban J connectivity index is 2.23. The molecule has 0 fully saturated rings. The Bertz CT molecular complexity index is 986. The van der Waals surface area contributed by atoms with Crippen LogP contribution in [0.15, 0.2) is 41.3 Å². The smallest absolute Gasteiger partial charge is 0.417 e. The van der Waals surface area contributed by atoms with E-state index in [9.17, 15) is 27.6 Å². The van der Waals surface area contributed by atoms with Crippen LogP contribution in [0.5, 0.6) is 5.75 Å². The van der Waals surface area contributed by atoms with E-state index in [1.807, 2.05) is 31.1 Å². The molecular weight excluding hydrogens is 415 g/mol. The van der Waals surface area contributed by atoms with Gasteiger partial charge in [0.05, 0.1) is 18.2 Å². The van der Waals surface area contributed by atoms with Crippen molar-refractivity contribution in [1.29, 1.82) is 0 Å². The summed E-state index contributed by atoms with van der Waals surface area (Å²) < 4.78 is 44.1. The number of alkyl halides is 3. The molecule has 0 aliphatic heterocycles. The Morgan fingerprint density at radius 2 is 1.84 bits per heavy atom. The Hall–Kier alpha value is -3.30. The number of pyridine rings is 1. The van der Waals surface area contributed by atoms with Crippen molar-refractivity contribution in [3.63, 3.8) is 0 Å². The summed E-state index contributed by atoms with van der Waals surface area (Å²) >= 11 is 0. The van der Waals surface area contributed by atoms with Gasteiger partial charge in [-0.05, 0) is 31.4 Å². The first-order valence-electron chi connectivity index (χ1n) is 9.66. The number of nitrogens with one attached hydrogen (secondary N) is 3. The molecule has 3 N–H and O–H groups in total. The molecule has 2 amide bonds. The average Bonchev–Trinajstić information content (AvgIpc) is 2.68. The Labute approximate surface area is 177 Å². The molecule has 0 aliphatic rings. The van der Waals surface area contributed by atoms with Crippen LogP contribution in [0.4, 0.5) is 18.9 Å². The summed E-state index contributed by atoms with van der Waals surface area (Å²) in [6.07, 6.45) is -3.76. The van der Waals surface area contributed by atoms with Crippen molar-refractivity contribution in [3.05, 3.63) is 58.0 Å². The van der Waals surface area contributed by atoms with Crippen molar-refractivity contribution in [2.45, 2.75) is 39.4 Å². The zero-order valence-electron chi connectivity index (χ0n) is 17.3. The van der Waals surface area contributed by atoms with E-state index in [-0.39, 0.29) is 5.92 Å². The Kier molecular flexibility index (Phi) is 7.84. The summed E-state index contributed by atoms with van der Waals surface area (Å²) in [5.74, 6) is -1.65. The third kappa shape index (κ3) is 6.59. The molecule has 7 nitrogen and oxygen atoms in total. The standard InChI is InChI=1S/C21H24F3N3O4/c1-4-31-17-8-6-5-7-14(17)15(9-12(2)3)26-19(29)20(30)27-16-10-13(21(22,23)24)11-25-18(16)28/h5-8,10-12,15H,4,9H2,1-3H3,(H,25,28)(H,26,29)(H,27,30)/t15-/m1/s1. The van der Waals surface area contributed by atoms with Gasteiger partial charge in [-0.15, -0.1) is 0 Å². The molecule has 1 atom stereocenters. The lowest BCUT2D eigenvalue weighted by molar-refractivity contribution is -0.137. The van der Waals surface area contributed by atoms with Gasteiger partial charge in [-0.25, -0.2) is 0 Å². The van der Waals surface area contributed by atoms with Crippen LogP contribution in [0.25, 0.3) is 0 Å². The number of aromatic nitrogens is 1. The molecule has 1 aromatic heterocycles. The maximum Gasteiger partial charge on any atom is 0.417 e. The molecule has 1 aromatic carbocycles. The van der Waals surface area contributed by atoms with Gasteiger partial charge in [0.15, 0.2) is 0 Å². The second kappa shape index (κ2) is 10.1. The molecule has 168 valence electrons. The van der Waals surface area contributed by atoms with Gasteiger partial charge in [0.1, 0.15) is 11.4 Å². The topological polar surface area (TPSA) is 100 Å². The number of para-hydroxylation sites is 1. The lowest BCUT2D eigenvalue weighted by Gasteiger charge is -2.23. The van der Waals surface area contributed by atoms with Gasteiger partial charge >= 0.3 is 18.0 Å². The minimum atomic E-state index is -4.72. The van der Waals surface area contributed by atoms with Crippen LogP contribution in [-0.4, -0.2) is 23.4 Å². The second-order valence-electron chi connectivity index (χ2n) is 7.21. The van der Waals surface area contributed by atoms with Gasteiger partial charge in [-0.3, -0.25) is 14.4 Å². The Morgan fingerprint density at radius 3 is 2.45 bits per heavy atom. The summed E-state index contributed by atoms with van der Waals surface area (Å²) in [7, 11) is 0. The van der Waals surface area contributed by atoms with E-state index in [2.05, 4.69) is 5.32 Å². The quantitative estimate of drug-likeness (QED) is 0.574. The zero-order valence-corrected chi connectivity index (χ0v) is 17.3. The fourth-order valence-electron chi connectivity index (χ4n) is 2.93. The fourth-order valence-corrected chi connectivity index (χ4v) is 2.93. The SMILES string of the molecule is CCOc1ccccc1[C@@H](CC(C)C)NC(=O)C(=O)Nc1cc(C(F)(F)F)c[nH]c1=O. The van der Waals surface area contributed by atoms with E-state index in [1.54, 1.807) is 24.3 Å². The number of carbonyl (C=O) groups is 2. The van der Waals surface area contributed by atoms with E-state index >= 15 is 0 Å². The molecule has 0 saturated carbocycles. The number of hydrogen-bond donors (Lipinski definition) is 3. The first kappa shape index (κ1) is 24.0. The highest BCUT2D eigenvalue weighted by molar-refractivity contribution is 6.39. The van der Waals surface area contributed by atoms with Crippen LogP contribution in [0.1, 0.15) is 44.4 Å². The number of amides is 2. The van der Waals surface area contributed by atoms with Crippen molar-refractivity contribution in [2.75, 3.05) is 11.9 Å². The van der Waals surface area contributed by atoms with Gasteiger partial charge in [0, 0.05) is 11.8 Å². The number of halogens is 3. The van der Waals surface area contributed by atoms with Crippen molar-refractivity contribution in [3.8, 4) is 5.75 Å². The van der Waals surface area contributed by atoms with Gasteiger partial charge in [-0.1, -0.05) is 32.0 Å². The molecular formula is C21H24F3N3O4. The maximum absolute atomic E-state index is 12.9. The number of rotatable bonds is 7. The number of anilines is 1. The molecule has 0 unspecified atom stereocenters. The highest BCUT2D eigenvalue weighted by Gasteiger charge is 2.32. The summed E-state index contributed by atoms with van der Waals surface area (Å²) in [5, 5.41) is 4.53. The van der Waals surface area contributed by atoms with E-state index in [0.29, 0.717) is 36.6 Å². The first-order valence-corrected chi connectivity index (χ1v) is 9.66. The highest BCUT2D eigenvalue weighted by atomic mass is 19.4. The number of carbonyl (C=O) groups excluding carboxylic acids is 2.